The van der Waals surface area contributed by atoms with Gasteiger partial charge < -0.3 is 13.8 Å². The molecule has 1 aliphatic heterocycles. The van der Waals surface area contributed by atoms with Gasteiger partial charge in [-0.05, 0) is 60.9 Å². The number of nitrogens with zero attached hydrogens (tertiary/aromatic N) is 2. The Labute approximate surface area is 196 Å². The van der Waals surface area contributed by atoms with Crippen LogP contribution in [0.5, 0.6) is 11.5 Å². The Morgan fingerprint density at radius 2 is 1.71 bits per heavy atom. The van der Waals surface area contributed by atoms with Gasteiger partial charge in [-0.3, -0.25) is 14.9 Å². The first-order valence-corrected chi connectivity index (χ1v) is 11.9. The lowest BCUT2D eigenvalue weighted by molar-refractivity contribution is -0.385. The summed E-state index contributed by atoms with van der Waals surface area (Å²) in [4.78, 5) is 24.9. The van der Waals surface area contributed by atoms with Crippen molar-refractivity contribution < 1.29 is 27.1 Å². The SMILES string of the molecule is COc1ccc(C2CCCN2C(=O)c2ccc(OS(=O)(=O)c3cccc([N+](=O)[O-])c3)cc2)cc1. The normalized spacial score (nSPS) is 15.7. The van der Waals surface area contributed by atoms with Crippen LogP contribution in [0.2, 0.25) is 0 Å². The molecule has 1 saturated heterocycles. The van der Waals surface area contributed by atoms with Crippen LogP contribution < -0.4 is 8.92 Å². The van der Waals surface area contributed by atoms with Gasteiger partial charge in [0.25, 0.3) is 11.6 Å². The predicted molar refractivity (Wildman–Crippen MR) is 123 cm³/mol. The number of ether oxygens (including phenoxy) is 1. The third-order valence-corrected chi connectivity index (χ3v) is 6.88. The molecule has 0 bridgehead atoms. The first-order valence-electron chi connectivity index (χ1n) is 10.5. The lowest BCUT2D eigenvalue weighted by Crippen LogP contribution is -2.30. The summed E-state index contributed by atoms with van der Waals surface area (Å²) in [6, 6.07) is 18.0. The van der Waals surface area contributed by atoms with Crippen molar-refractivity contribution in [2.24, 2.45) is 0 Å². The average Bonchev–Trinajstić information content (AvgIpc) is 3.34. The molecule has 0 radical (unpaired) electrons. The van der Waals surface area contributed by atoms with Crippen LogP contribution in [0.1, 0.15) is 34.8 Å². The molecule has 1 atom stereocenters. The first kappa shape index (κ1) is 23.2. The Balaban J connectivity index is 1.49. The Kier molecular flexibility index (Phi) is 6.51. The van der Waals surface area contributed by atoms with Crippen LogP contribution in [-0.2, 0) is 10.1 Å². The largest absolute Gasteiger partial charge is 0.497 e. The maximum absolute atomic E-state index is 13.2. The van der Waals surface area contributed by atoms with Gasteiger partial charge >= 0.3 is 10.1 Å². The fraction of sp³-hybridized carbons (Fsp3) is 0.208. The summed E-state index contributed by atoms with van der Waals surface area (Å²) < 4.78 is 35.4. The molecule has 0 aliphatic carbocycles. The number of methoxy groups -OCH3 is 1. The Morgan fingerprint density at radius 1 is 1.03 bits per heavy atom. The number of benzene rings is 3. The number of carbonyl (C=O) groups excluding carboxylic acids is 1. The smallest absolute Gasteiger partial charge is 0.339 e. The molecule has 34 heavy (non-hydrogen) atoms. The first-order chi connectivity index (χ1) is 16.3. The fourth-order valence-electron chi connectivity index (χ4n) is 3.93. The Morgan fingerprint density at radius 3 is 2.35 bits per heavy atom. The van der Waals surface area contributed by atoms with Crippen molar-refractivity contribution in [3.05, 3.63) is 94.0 Å². The van der Waals surface area contributed by atoms with Crippen LogP contribution >= 0.6 is 0 Å². The predicted octanol–water partition coefficient (Wildman–Crippen LogP) is 4.35. The molecule has 10 heteroatoms. The highest BCUT2D eigenvalue weighted by atomic mass is 32.2. The molecule has 9 nitrogen and oxygen atoms in total. The molecular formula is C24H22N2O7S. The van der Waals surface area contributed by atoms with Crippen molar-refractivity contribution in [3.63, 3.8) is 0 Å². The molecule has 4 rings (SSSR count). The zero-order valence-electron chi connectivity index (χ0n) is 18.3. The van der Waals surface area contributed by atoms with Crippen LogP contribution in [0.25, 0.3) is 0 Å². The lowest BCUT2D eigenvalue weighted by atomic mass is 10.0. The number of amides is 1. The van der Waals surface area contributed by atoms with Crippen LogP contribution in [0.3, 0.4) is 0 Å². The molecule has 0 spiro atoms. The van der Waals surface area contributed by atoms with Gasteiger partial charge in [0, 0.05) is 24.2 Å². The Hall–Kier alpha value is -3.92. The minimum atomic E-state index is -4.28. The summed E-state index contributed by atoms with van der Waals surface area (Å²) >= 11 is 0. The highest BCUT2D eigenvalue weighted by Gasteiger charge is 2.30. The van der Waals surface area contributed by atoms with E-state index < -0.39 is 15.0 Å². The van der Waals surface area contributed by atoms with E-state index >= 15 is 0 Å². The van der Waals surface area contributed by atoms with Gasteiger partial charge in [0.1, 0.15) is 16.4 Å². The second-order valence-corrected chi connectivity index (χ2v) is 9.29. The van der Waals surface area contributed by atoms with Crippen molar-refractivity contribution >= 4 is 21.7 Å². The van der Waals surface area contributed by atoms with Crippen molar-refractivity contribution in [1.29, 1.82) is 0 Å². The van der Waals surface area contributed by atoms with E-state index in [9.17, 15) is 23.3 Å². The second kappa shape index (κ2) is 9.52. The van der Waals surface area contributed by atoms with E-state index in [2.05, 4.69) is 0 Å². The van der Waals surface area contributed by atoms with Gasteiger partial charge in [0.15, 0.2) is 0 Å². The Bertz CT molecular complexity index is 1310. The molecule has 1 aliphatic rings. The molecule has 1 amide bonds. The number of nitro benzene ring substituents is 1. The minimum Gasteiger partial charge on any atom is -0.497 e. The third-order valence-electron chi connectivity index (χ3n) is 5.64. The monoisotopic (exact) mass is 482 g/mol. The molecule has 3 aromatic carbocycles. The number of likely N-dealkylation sites (tertiary alicyclic amines) is 1. The second-order valence-electron chi connectivity index (χ2n) is 7.75. The third kappa shape index (κ3) is 4.86. The molecule has 3 aromatic rings. The highest BCUT2D eigenvalue weighted by Crippen LogP contribution is 2.34. The molecule has 0 N–H and O–H groups in total. The quantitative estimate of drug-likeness (QED) is 0.279. The van der Waals surface area contributed by atoms with E-state index in [1.54, 1.807) is 12.0 Å². The van der Waals surface area contributed by atoms with Crippen molar-refractivity contribution in [2.75, 3.05) is 13.7 Å². The van der Waals surface area contributed by atoms with Gasteiger partial charge in [0.05, 0.1) is 18.1 Å². The van der Waals surface area contributed by atoms with E-state index in [-0.39, 0.29) is 28.3 Å². The number of nitro groups is 1. The molecule has 1 fully saturated rings. The molecule has 1 unspecified atom stereocenters. The molecular weight excluding hydrogens is 460 g/mol. The van der Waals surface area contributed by atoms with Gasteiger partial charge in [-0.2, -0.15) is 8.42 Å². The van der Waals surface area contributed by atoms with E-state index in [4.69, 9.17) is 8.92 Å². The molecule has 176 valence electrons. The van der Waals surface area contributed by atoms with E-state index in [0.717, 1.165) is 30.2 Å². The van der Waals surface area contributed by atoms with Crippen LogP contribution in [0, 0.1) is 10.1 Å². The van der Waals surface area contributed by atoms with E-state index in [0.29, 0.717) is 12.1 Å². The molecule has 1 heterocycles. The summed E-state index contributed by atoms with van der Waals surface area (Å²) in [6.07, 6.45) is 1.73. The molecule has 0 saturated carbocycles. The van der Waals surface area contributed by atoms with Gasteiger partial charge in [-0.15, -0.1) is 0 Å². The number of rotatable bonds is 7. The van der Waals surface area contributed by atoms with Gasteiger partial charge in [0.2, 0.25) is 0 Å². The van der Waals surface area contributed by atoms with Crippen molar-refractivity contribution in [1.82, 2.24) is 4.90 Å². The van der Waals surface area contributed by atoms with Gasteiger partial charge in [-0.25, -0.2) is 0 Å². The fourth-order valence-corrected chi connectivity index (χ4v) is 4.90. The van der Waals surface area contributed by atoms with Crippen LogP contribution in [0.4, 0.5) is 5.69 Å². The zero-order chi connectivity index (χ0) is 24.3. The summed E-state index contributed by atoms with van der Waals surface area (Å²) in [6.45, 7) is 0.620. The van der Waals surface area contributed by atoms with Crippen LogP contribution in [-0.4, -0.2) is 37.8 Å². The minimum absolute atomic E-state index is 0.00353. The number of carbonyl (C=O) groups is 1. The summed E-state index contributed by atoms with van der Waals surface area (Å²) in [5.41, 5.74) is 1.07. The summed E-state index contributed by atoms with van der Waals surface area (Å²) in [5, 5.41) is 10.9. The molecule has 0 aromatic heterocycles. The average molecular weight is 483 g/mol. The zero-order valence-corrected chi connectivity index (χ0v) is 19.1. The van der Waals surface area contributed by atoms with Crippen molar-refractivity contribution in [2.45, 2.75) is 23.8 Å². The number of hydrogen-bond acceptors (Lipinski definition) is 7. The maximum Gasteiger partial charge on any atom is 0.339 e. The summed E-state index contributed by atoms with van der Waals surface area (Å²) in [5.74, 6) is 0.581. The highest BCUT2D eigenvalue weighted by molar-refractivity contribution is 7.87. The topological polar surface area (TPSA) is 116 Å². The lowest BCUT2D eigenvalue weighted by Gasteiger charge is -2.25. The van der Waals surface area contributed by atoms with Gasteiger partial charge in [-0.1, -0.05) is 18.2 Å². The maximum atomic E-state index is 13.2. The number of hydrogen-bond donors (Lipinski definition) is 0. The standard InChI is InChI=1S/C24H22N2O7S/c1-32-20-11-7-17(8-12-20)23-6-3-15-25(23)24(27)18-9-13-21(14-10-18)33-34(30,31)22-5-2-4-19(16-22)26(28)29/h2,4-5,7-14,16,23H,3,6,15H2,1H3. The number of non-ortho nitro benzene ring substituents is 1. The van der Waals surface area contributed by atoms with Crippen LogP contribution in [0.15, 0.2) is 77.7 Å². The van der Waals surface area contributed by atoms with E-state index in [1.807, 2.05) is 24.3 Å². The van der Waals surface area contributed by atoms with Crippen molar-refractivity contribution in [3.8, 4) is 11.5 Å². The summed E-state index contributed by atoms with van der Waals surface area (Å²) in [7, 11) is -2.68. The van der Waals surface area contributed by atoms with E-state index in [1.165, 1.54) is 42.5 Å².